The normalized spacial score (nSPS) is 24.4. The molecule has 0 aromatic carbocycles. The van der Waals surface area contributed by atoms with Crippen molar-refractivity contribution in [3.63, 3.8) is 0 Å². The first kappa shape index (κ1) is 16.9. The van der Waals surface area contributed by atoms with E-state index in [2.05, 4.69) is 10.1 Å². The molecule has 1 aromatic rings. The highest BCUT2D eigenvalue weighted by Crippen LogP contribution is 2.32. The standard InChI is InChI=1S/C16H24N4O4/c1-12-17-13(24-18-12)4-5-14(21)20-7-3-6-16(20,2)15(22)19-8-10-23-11-9-19/h3-11H2,1-2H3. The number of carbonyl (C=O) groups excluding carboxylic acids is 2. The topological polar surface area (TPSA) is 88.8 Å². The van der Waals surface area contributed by atoms with Gasteiger partial charge in [0.25, 0.3) is 0 Å². The molecule has 3 rings (SSSR count). The monoisotopic (exact) mass is 336 g/mol. The van der Waals surface area contributed by atoms with Gasteiger partial charge in [-0.25, -0.2) is 0 Å². The molecule has 8 heteroatoms. The highest BCUT2D eigenvalue weighted by molar-refractivity contribution is 5.91. The lowest BCUT2D eigenvalue weighted by Gasteiger charge is -2.39. The fourth-order valence-electron chi connectivity index (χ4n) is 3.48. The summed E-state index contributed by atoms with van der Waals surface area (Å²) in [5.74, 6) is 1.02. The van der Waals surface area contributed by atoms with Crippen LogP contribution in [0.1, 0.15) is 37.9 Å². The van der Waals surface area contributed by atoms with Gasteiger partial charge in [-0.3, -0.25) is 9.59 Å². The van der Waals surface area contributed by atoms with Crippen LogP contribution < -0.4 is 0 Å². The van der Waals surface area contributed by atoms with Gasteiger partial charge in [0.1, 0.15) is 5.54 Å². The zero-order valence-corrected chi connectivity index (χ0v) is 14.3. The molecule has 2 aliphatic heterocycles. The van der Waals surface area contributed by atoms with Gasteiger partial charge in [0, 0.05) is 32.5 Å². The number of aromatic nitrogens is 2. The number of ether oxygens (including phenoxy) is 1. The molecule has 3 heterocycles. The fraction of sp³-hybridized carbons (Fsp3) is 0.750. The Morgan fingerprint density at radius 1 is 1.25 bits per heavy atom. The third kappa shape index (κ3) is 3.28. The number of morpholine rings is 1. The molecular formula is C16H24N4O4. The van der Waals surface area contributed by atoms with Crippen molar-refractivity contribution in [1.82, 2.24) is 19.9 Å². The predicted molar refractivity (Wildman–Crippen MR) is 84.1 cm³/mol. The van der Waals surface area contributed by atoms with E-state index in [1.807, 2.05) is 11.8 Å². The van der Waals surface area contributed by atoms with Crippen molar-refractivity contribution in [3.8, 4) is 0 Å². The lowest BCUT2D eigenvalue weighted by Crippen LogP contribution is -2.58. The van der Waals surface area contributed by atoms with Gasteiger partial charge in [-0.1, -0.05) is 5.16 Å². The van der Waals surface area contributed by atoms with Crippen molar-refractivity contribution in [2.75, 3.05) is 32.8 Å². The predicted octanol–water partition coefficient (Wildman–Crippen LogP) is 0.551. The quantitative estimate of drug-likeness (QED) is 0.798. The molecular weight excluding hydrogens is 312 g/mol. The van der Waals surface area contributed by atoms with Gasteiger partial charge in [0.2, 0.25) is 17.7 Å². The molecule has 0 bridgehead atoms. The number of hydrogen-bond acceptors (Lipinski definition) is 6. The Hall–Kier alpha value is -1.96. The zero-order chi connectivity index (χ0) is 17.2. The minimum Gasteiger partial charge on any atom is -0.378 e. The molecule has 0 N–H and O–H groups in total. The van der Waals surface area contributed by atoms with E-state index < -0.39 is 5.54 Å². The second kappa shape index (κ2) is 6.88. The number of carbonyl (C=O) groups is 2. The Labute approximate surface area is 141 Å². The number of amides is 2. The van der Waals surface area contributed by atoms with E-state index in [0.29, 0.717) is 57.4 Å². The largest absolute Gasteiger partial charge is 0.378 e. The molecule has 24 heavy (non-hydrogen) atoms. The second-order valence-electron chi connectivity index (χ2n) is 6.56. The third-order valence-electron chi connectivity index (χ3n) is 4.82. The van der Waals surface area contributed by atoms with Crippen molar-refractivity contribution >= 4 is 11.8 Å². The maximum absolute atomic E-state index is 13.0. The van der Waals surface area contributed by atoms with E-state index in [1.165, 1.54) is 0 Å². The van der Waals surface area contributed by atoms with Crippen molar-refractivity contribution in [2.45, 2.75) is 45.1 Å². The SMILES string of the molecule is Cc1noc(CCC(=O)N2CCCC2(C)C(=O)N2CCOCC2)n1. The first-order valence-corrected chi connectivity index (χ1v) is 8.47. The lowest BCUT2D eigenvalue weighted by molar-refractivity contribution is -0.153. The molecule has 132 valence electrons. The molecule has 0 radical (unpaired) electrons. The van der Waals surface area contributed by atoms with Crippen LogP contribution >= 0.6 is 0 Å². The molecule has 0 spiro atoms. The average Bonchev–Trinajstić information content (AvgIpc) is 3.19. The Balaban J connectivity index is 1.64. The van der Waals surface area contributed by atoms with E-state index in [9.17, 15) is 9.59 Å². The van der Waals surface area contributed by atoms with Crippen LogP contribution in [0.5, 0.6) is 0 Å². The number of likely N-dealkylation sites (tertiary alicyclic amines) is 1. The molecule has 2 saturated heterocycles. The van der Waals surface area contributed by atoms with Crippen LogP contribution in [0.25, 0.3) is 0 Å². The van der Waals surface area contributed by atoms with E-state index >= 15 is 0 Å². The lowest BCUT2D eigenvalue weighted by atomic mass is 9.96. The van der Waals surface area contributed by atoms with Gasteiger partial charge in [0.05, 0.1) is 13.2 Å². The van der Waals surface area contributed by atoms with E-state index in [0.717, 1.165) is 6.42 Å². The first-order chi connectivity index (χ1) is 11.5. The number of hydrogen-bond donors (Lipinski definition) is 0. The summed E-state index contributed by atoms with van der Waals surface area (Å²) in [5.41, 5.74) is -0.751. The average molecular weight is 336 g/mol. The van der Waals surface area contributed by atoms with Crippen LogP contribution in [0.15, 0.2) is 4.52 Å². The van der Waals surface area contributed by atoms with E-state index in [1.54, 1.807) is 11.8 Å². The highest BCUT2D eigenvalue weighted by atomic mass is 16.5. The van der Waals surface area contributed by atoms with E-state index in [-0.39, 0.29) is 18.2 Å². The van der Waals surface area contributed by atoms with Crippen LogP contribution in [-0.4, -0.2) is 70.1 Å². The molecule has 2 amide bonds. The zero-order valence-electron chi connectivity index (χ0n) is 14.3. The van der Waals surface area contributed by atoms with Crippen molar-refractivity contribution in [2.24, 2.45) is 0 Å². The summed E-state index contributed by atoms with van der Waals surface area (Å²) in [6.45, 7) is 6.56. The van der Waals surface area contributed by atoms with Crippen LogP contribution in [-0.2, 0) is 20.7 Å². The summed E-state index contributed by atoms with van der Waals surface area (Å²) in [7, 11) is 0. The fourth-order valence-corrected chi connectivity index (χ4v) is 3.48. The number of nitrogens with zero attached hydrogens (tertiary/aromatic N) is 4. The van der Waals surface area contributed by atoms with Gasteiger partial charge in [-0.15, -0.1) is 0 Å². The van der Waals surface area contributed by atoms with Crippen molar-refractivity contribution in [3.05, 3.63) is 11.7 Å². The molecule has 1 atom stereocenters. The second-order valence-corrected chi connectivity index (χ2v) is 6.56. The van der Waals surface area contributed by atoms with Gasteiger partial charge in [-0.2, -0.15) is 4.98 Å². The van der Waals surface area contributed by atoms with Crippen LogP contribution in [0.4, 0.5) is 0 Å². The smallest absolute Gasteiger partial charge is 0.248 e. The van der Waals surface area contributed by atoms with Crippen LogP contribution in [0, 0.1) is 6.92 Å². The van der Waals surface area contributed by atoms with Crippen LogP contribution in [0.3, 0.4) is 0 Å². The maximum Gasteiger partial charge on any atom is 0.248 e. The summed E-state index contributed by atoms with van der Waals surface area (Å²) in [4.78, 5) is 33.3. The minimum atomic E-state index is -0.751. The molecule has 2 aliphatic rings. The summed E-state index contributed by atoms with van der Waals surface area (Å²) >= 11 is 0. The Bertz CT molecular complexity index is 611. The van der Waals surface area contributed by atoms with Gasteiger partial charge >= 0.3 is 0 Å². The van der Waals surface area contributed by atoms with E-state index in [4.69, 9.17) is 9.26 Å². The van der Waals surface area contributed by atoms with Gasteiger partial charge < -0.3 is 19.1 Å². The van der Waals surface area contributed by atoms with Gasteiger partial charge in [-0.05, 0) is 26.7 Å². The Morgan fingerprint density at radius 2 is 2.00 bits per heavy atom. The Kier molecular flexibility index (Phi) is 4.84. The maximum atomic E-state index is 13.0. The Morgan fingerprint density at radius 3 is 2.67 bits per heavy atom. The van der Waals surface area contributed by atoms with Crippen LogP contribution in [0.2, 0.25) is 0 Å². The molecule has 0 aliphatic carbocycles. The number of aryl methyl sites for hydroxylation is 2. The highest BCUT2D eigenvalue weighted by Gasteiger charge is 2.47. The molecule has 1 aromatic heterocycles. The summed E-state index contributed by atoms with van der Waals surface area (Å²) in [5, 5.41) is 3.73. The molecule has 8 nitrogen and oxygen atoms in total. The first-order valence-electron chi connectivity index (χ1n) is 8.47. The summed E-state index contributed by atoms with van der Waals surface area (Å²) < 4.78 is 10.4. The van der Waals surface area contributed by atoms with Crippen molar-refractivity contribution < 1.29 is 18.8 Å². The molecule has 2 fully saturated rings. The van der Waals surface area contributed by atoms with Gasteiger partial charge in [0.15, 0.2) is 5.82 Å². The molecule has 1 unspecified atom stereocenters. The minimum absolute atomic E-state index is 0.0327. The number of rotatable bonds is 4. The van der Waals surface area contributed by atoms with Crippen molar-refractivity contribution in [1.29, 1.82) is 0 Å². The summed E-state index contributed by atoms with van der Waals surface area (Å²) in [6, 6.07) is 0. The molecule has 0 saturated carbocycles. The summed E-state index contributed by atoms with van der Waals surface area (Å²) in [6.07, 6.45) is 2.22. The third-order valence-corrected chi connectivity index (χ3v) is 4.82.